The fourth-order valence-corrected chi connectivity index (χ4v) is 3.20. The lowest BCUT2D eigenvalue weighted by Gasteiger charge is -2.33. The van der Waals surface area contributed by atoms with E-state index in [1.807, 2.05) is 19.2 Å². The average molecular weight is 361 g/mol. The highest BCUT2D eigenvalue weighted by molar-refractivity contribution is 5.80. The molecule has 0 aromatic heterocycles. The molecule has 0 radical (unpaired) electrons. The molecule has 2 N–H and O–H groups in total. The zero-order valence-corrected chi connectivity index (χ0v) is 16.9. The summed E-state index contributed by atoms with van der Waals surface area (Å²) in [6.45, 7) is 10.7. The highest BCUT2D eigenvalue weighted by Gasteiger charge is 2.19. The topological polar surface area (TPSA) is 48.9 Å². The zero-order valence-electron chi connectivity index (χ0n) is 16.9. The summed E-state index contributed by atoms with van der Waals surface area (Å²) in [4.78, 5) is 6.95. The number of unbranched alkanes of at least 4 members (excludes halogenated alkanes) is 1. The van der Waals surface area contributed by atoms with Crippen LogP contribution < -0.4 is 15.4 Å². The quantitative estimate of drug-likeness (QED) is 0.552. The van der Waals surface area contributed by atoms with Gasteiger partial charge in [0.25, 0.3) is 0 Å². The number of benzene rings is 1. The summed E-state index contributed by atoms with van der Waals surface area (Å²) >= 11 is 0. The molecule has 2 rings (SSSR count). The van der Waals surface area contributed by atoms with Gasteiger partial charge in [0.2, 0.25) is 0 Å². The Bertz CT molecular complexity index is 535. The molecule has 0 aliphatic carbocycles. The zero-order chi connectivity index (χ0) is 18.8. The number of nitrogens with one attached hydrogen (secondary N) is 2. The van der Waals surface area contributed by atoms with Gasteiger partial charge in [-0.05, 0) is 51.8 Å². The van der Waals surface area contributed by atoms with Crippen molar-refractivity contribution in [3.63, 3.8) is 0 Å². The molecule has 26 heavy (non-hydrogen) atoms. The molecule has 1 aromatic rings. The predicted molar refractivity (Wildman–Crippen MR) is 110 cm³/mol. The molecule has 1 aromatic carbocycles. The summed E-state index contributed by atoms with van der Waals surface area (Å²) in [6.07, 6.45) is 5.02. The maximum Gasteiger partial charge on any atom is 0.191 e. The molecule has 1 aliphatic heterocycles. The Labute approximate surface area is 159 Å². The van der Waals surface area contributed by atoms with Crippen LogP contribution in [0.2, 0.25) is 0 Å². The Hall–Kier alpha value is -1.75. The van der Waals surface area contributed by atoms with Crippen molar-refractivity contribution >= 4 is 5.96 Å². The molecule has 0 bridgehead atoms. The minimum atomic E-state index is 0.0761. The third kappa shape index (κ3) is 7.24. The van der Waals surface area contributed by atoms with Gasteiger partial charge in [-0.25, -0.2) is 0 Å². The molecule has 5 heteroatoms. The van der Waals surface area contributed by atoms with E-state index in [-0.39, 0.29) is 6.10 Å². The second kappa shape index (κ2) is 11.1. The van der Waals surface area contributed by atoms with E-state index in [1.54, 1.807) is 0 Å². The maximum absolute atomic E-state index is 5.95. The number of aliphatic imine (C=N–C) groups is 1. The van der Waals surface area contributed by atoms with Crippen molar-refractivity contribution in [1.29, 1.82) is 0 Å². The first-order chi connectivity index (χ1) is 12.6. The summed E-state index contributed by atoms with van der Waals surface area (Å²) in [6, 6.07) is 8.69. The van der Waals surface area contributed by atoms with Gasteiger partial charge in [0.15, 0.2) is 5.96 Å². The Balaban J connectivity index is 1.68. The van der Waals surface area contributed by atoms with Crippen LogP contribution in [0, 0.1) is 6.92 Å². The minimum absolute atomic E-state index is 0.0761. The molecular formula is C21H36N4O. The lowest BCUT2D eigenvalue weighted by molar-refractivity contribution is 0.202. The average Bonchev–Trinajstić information content (AvgIpc) is 2.66. The highest BCUT2D eigenvalue weighted by Crippen LogP contribution is 2.13. The SMILES string of the molecule is CCCCN1CCC(NC(=NC)NCC(C)Oc2ccc(C)cc2)CC1. The molecule has 0 amide bonds. The van der Waals surface area contributed by atoms with Crippen molar-refractivity contribution in [2.24, 2.45) is 4.99 Å². The first kappa shape index (κ1) is 20.6. The molecular weight excluding hydrogens is 324 g/mol. The van der Waals surface area contributed by atoms with Gasteiger partial charge >= 0.3 is 0 Å². The molecule has 1 fully saturated rings. The van der Waals surface area contributed by atoms with Crippen molar-refractivity contribution in [3.8, 4) is 5.75 Å². The lowest BCUT2D eigenvalue weighted by Crippen LogP contribution is -2.50. The Morgan fingerprint density at radius 3 is 2.58 bits per heavy atom. The first-order valence-corrected chi connectivity index (χ1v) is 10.0. The van der Waals surface area contributed by atoms with Gasteiger partial charge in [-0.3, -0.25) is 4.99 Å². The monoisotopic (exact) mass is 360 g/mol. The molecule has 1 aliphatic rings. The molecule has 146 valence electrons. The smallest absolute Gasteiger partial charge is 0.191 e. The van der Waals surface area contributed by atoms with Crippen LogP contribution in [-0.2, 0) is 0 Å². The number of piperidine rings is 1. The third-order valence-electron chi connectivity index (χ3n) is 4.90. The predicted octanol–water partition coefficient (Wildman–Crippen LogP) is 3.19. The Kier molecular flexibility index (Phi) is 8.75. The normalized spacial score (nSPS) is 17.8. The van der Waals surface area contributed by atoms with E-state index in [1.165, 1.54) is 50.9 Å². The molecule has 1 unspecified atom stereocenters. The van der Waals surface area contributed by atoms with Gasteiger partial charge in [0, 0.05) is 26.2 Å². The van der Waals surface area contributed by atoms with Crippen molar-refractivity contribution in [1.82, 2.24) is 15.5 Å². The van der Waals surface area contributed by atoms with E-state index in [9.17, 15) is 0 Å². The number of aryl methyl sites for hydroxylation is 1. The molecule has 1 saturated heterocycles. The summed E-state index contributed by atoms with van der Waals surface area (Å²) in [5.74, 6) is 1.78. The molecule has 5 nitrogen and oxygen atoms in total. The van der Waals surface area contributed by atoms with Crippen molar-refractivity contribution in [2.75, 3.05) is 33.2 Å². The number of nitrogens with zero attached hydrogens (tertiary/aromatic N) is 2. The number of guanidine groups is 1. The van der Waals surface area contributed by atoms with E-state index in [2.05, 4.69) is 53.4 Å². The minimum Gasteiger partial charge on any atom is -0.489 e. The van der Waals surface area contributed by atoms with Crippen LogP contribution in [0.25, 0.3) is 0 Å². The molecule has 0 saturated carbocycles. The van der Waals surface area contributed by atoms with Crippen LogP contribution in [0.3, 0.4) is 0 Å². The Morgan fingerprint density at radius 1 is 1.27 bits per heavy atom. The largest absolute Gasteiger partial charge is 0.489 e. The number of rotatable bonds is 8. The van der Waals surface area contributed by atoms with Crippen LogP contribution in [-0.4, -0.2) is 56.2 Å². The van der Waals surface area contributed by atoms with Gasteiger partial charge < -0.3 is 20.3 Å². The maximum atomic E-state index is 5.95. The lowest BCUT2D eigenvalue weighted by atomic mass is 10.0. The summed E-state index contributed by atoms with van der Waals surface area (Å²) in [7, 11) is 1.83. The second-order valence-corrected chi connectivity index (χ2v) is 7.31. The second-order valence-electron chi connectivity index (χ2n) is 7.31. The molecule has 1 heterocycles. The first-order valence-electron chi connectivity index (χ1n) is 10.0. The Morgan fingerprint density at radius 2 is 1.96 bits per heavy atom. The van der Waals surface area contributed by atoms with Crippen molar-refractivity contribution < 1.29 is 4.74 Å². The fraction of sp³-hybridized carbons (Fsp3) is 0.667. The van der Waals surface area contributed by atoms with Crippen LogP contribution >= 0.6 is 0 Å². The van der Waals surface area contributed by atoms with Crippen LogP contribution in [0.15, 0.2) is 29.3 Å². The summed E-state index contributed by atoms with van der Waals surface area (Å²) < 4.78 is 5.95. The third-order valence-corrected chi connectivity index (χ3v) is 4.90. The van der Waals surface area contributed by atoms with E-state index < -0.39 is 0 Å². The number of hydrogen-bond donors (Lipinski definition) is 2. The van der Waals surface area contributed by atoms with Gasteiger partial charge in [-0.1, -0.05) is 31.0 Å². The summed E-state index contributed by atoms with van der Waals surface area (Å²) in [5, 5.41) is 6.96. The number of likely N-dealkylation sites (tertiary alicyclic amines) is 1. The van der Waals surface area contributed by atoms with Crippen LogP contribution in [0.1, 0.15) is 45.1 Å². The van der Waals surface area contributed by atoms with Crippen LogP contribution in [0.4, 0.5) is 0 Å². The van der Waals surface area contributed by atoms with Gasteiger partial charge in [-0.15, -0.1) is 0 Å². The standard InChI is InChI=1S/C21H36N4O/c1-5-6-13-25-14-11-19(12-15-25)24-21(22-4)23-16-18(3)26-20-9-7-17(2)8-10-20/h7-10,18-19H,5-6,11-16H2,1-4H3,(H2,22,23,24). The van der Waals surface area contributed by atoms with Gasteiger partial charge in [-0.2, -0.15) is 0 Å². The van der Waals surface area contributed by atoms with Gasteiger partial charge in [0.05, 0.1) is 6.54 Å². The number of hydrogen-bond acceptors (Lipinski definition) is 3. The van der Waals surface area contributed by atoms with E-state index in [4.69, 9.17) is 4.74 Å². The van der Waals surface area contributed by atoms with Gasteiger partial charge in [0.1, 0.15) is 11.9 Å². The molecule has 0 spiro atoms. The fourth-order valence-electron chi connectivity index (χ4n) is 3.20. The summed E-state index contributed by atoms with van der Waals surface area (Å²) in [5.41, 5.74) is 1.24. The van der Waals surface area contributed by atoms with Crippen molar-refractivity contribution in [2.45, 2.75) is 58.6 Å². The number of ether oxygens (including phenoxy) is 1. The highest BCUT2D eigenvalue weighted by atomic mass is 16.5. The van der Waals surface area contributed by atoms with E-state index in [0.717, 1.165) is 18.3 Å². The van der Waals surface area contributed by atoms with Crippen molar-refractivity contribution in [3.05, 3.63) is 29.8 Å². The molecule has 1 atom stereocenters. The van der Waals surface area contributed by atoms with Crippen LogP contribution in [0.5, 0.6) is 5.75 Å². The van der Waals surface area contributed by atoms with E-state index >= 15 is 0 Å². The van der Waals surface area contributed by atoms with E-state index in [0.29, 0.717) is 6.04 Å².